The Morgan fingerprint density at radius 1 is 1.35 bits per heavy atom. The Bertz CT molecular complexity index is 426. The van der Waals surface area contributed by atoms with Gasteiger partial charge in [0.2, 0.25) is 5.88 Å². The van der Waals surface area contributed by atoms with Gasteiger partial charge in [-0.05, 0) is 25.2 Å². The predicted octanol–water partition coefficient (Wildman–Crippen LogP) is 3.01. The zero-order chi connectivity index (χ0) is 14.4. The molecular formula is C15H25N3O2. The Kier molecular flexibility index (Phi) is 5.59. The molecule has 0 saturated heterocycles. The van der Waals surface area contributed by atoms with Crippen molar-refractivity contribution in [1.82, 2.24) is 9.97 Å². The van der Waals surface area contributed by atoms with Crippen molar-refractivity contribution in [2.45, 2.75) is 51.7 Å². The standard InChI is InChI=1S/C15H25N3O2/c1-4-11-6-5-7-12(8-11)20-15-9-13(16-2)17-14(18-15)10-19-3/h9,11-12H,4-8,10H2,1-3H3,(H,16,17,18). The monoisotopic (exact) mass is 279 g/mol. The molecule has 1 fully saturated rings. The van der Waals surface area contributed by atoms with Crippen LogP contribution in [0.3, 0.4) is 0 Å². The average Bonchev–Trinajstić information content (AvgIpc) is 2.47. The number of anilines is 1. The van der Waals surface area contributed by atoms with E-state index in [-0.39, 0.29) is 6.10 Å². The van der Waals surface area contributed by atoms with E-state index in [4.69, 9.17) is 9.47 Å². The SMILES string of the molecule is CCC1CCCC(Oc2cc(NC)nc(COC)n2)C1. The molecule has 0 radical (unpaired) electrons. The number of rotatable bonds is 6. The zero-order valence-electron chi connectivity index (χ0n) is 12.7. The van der Waals surface area contributed by atoms with Gasteiger partial charge in [-0.3, -0.25) is 0 Å². The van der Waals surface area contributed by atoms with E-state index in [0.29, 0.717) is 18.3 Å². The fourth-order valence-corrected chi connectivity index (χ4v) is 2.75. The molecular weight excluding hydrogens is 254 g/mol. The van der Waals surface area contributed by atoms with Crippen molar-refractivity contribution in [2.75, 3.05) is 19.5 Å². The van der Waals surface area contributed by atoms with Gasteiger partial charge in [0.1, 0.15) is 18.5 Å². The van der Waals surface area contributed by atoms with E-state index in [1.165, 1.54) is 19.3 Å². The van der Waals surface area contributed by atoms with E-state index >= 15 is 0 Å². The van der Waals surface area contributed by atoms with Crippen LogP contribution in [0.25, 0.3) is 0 Å². The van der Waals surface area contributed by atoms with Gasteiger partial charge in [-0.15, -0.1) is 0 Å². The van der Waals surface area contributed by atoms with E-state index in [0.717, 1.165) is 24.6 Å². The van der Waals surface area contributed by atoms with Crippen LogP contribution in [0, 0.1) is 5.92 Å². The summed E-state index contributed by atoms with van der Waals surface area (Å²) in [7, 11) is 3.49. The first-order valence-corrected chi connectivity index (χ1v) is 7.46. The largest absolute Gasteiger partial charge is 0.474 e. The van der Waals surface area contributed by atoms with E-state index in [1.54, 1.807) is 7.11 Å². The Labute approximate surface area is 121 Å². The fourth-order valence-electron chi connectivity index (χ4n) is 2.75. The summed E-state index contributed by atoms with van der Waals surface area (Å²) in [6.45, 7) is 2.65. The summed E-state index contributed by atoms with van der Waals surface area (Å²) in [5.41, 5.74) is 0. The average molecular weight is 279 g/mol. The molecule has 1 heterocycles. The number of nitrogens with one attached hydrogen (secondary N) is 1. The Morgan fingerprint density at radius 2 is 2.20 bits per heavy atom. The van der Waals surface area contributed by atoms with Crippen molar-refractivity contribution in [2.24, 2.45) is 5.92 Å². The number of hydrogen-bond donors (Lipinski definition) is 1. The number of aromatic nitrogens is 2. The smallest absolute Gasteiger partial charge is 0.219 e. The molecule has 112 valence electrons. The third-order valence-electron chi connectivity index (χ3n) is 3.88. The van der Waals surface area contributed by atoms with Gasteiger partial charge in [-0.2, -0.15) is 4.98 Å². The van der Waals surface area contributed by atoms with Gasteiger partial charge in [0.25, 0.3) is 0 Å². The van der Waals surface area contributed by atoms with Crippen LogP contribution in [-0.4, -0.2) is 30.2 Å². The molecule has 5 heteroatoms. The highest BCUT2D eigenvalue weighted by Crippen LogP contribution is 2.29. The summed E-state index contributed by atoms with van der Waals surface area (Å²) >= 11 is 0. The minimum absolute atomic E-state index is 0.281. The lowest BCUT2D eigenvalue weighted by molar-refractivity contribution is 0.115. The molecule has 20 heavy (non-hydrogen) atoms. The minimum atomic E-state index is 0.281. The second kappa shape index (κ2) is 7.43. The first-order valence-electron chi connectivity index (χ1n) is 7.46. The van der Waals surface area contributed by atoms with Crippen LogP contribution in [0.5, 0.6) is 5.88 Å². The molecule has 5 nitrogen and oxygen atoms in total. The van der Waals surface area contributed by atoms with Crippen LogP contribution in [0.4, 0.5) is 5.82 Å². The molecule has 2 atom stereocenters. The number of methoxy groups -OCH3 is 1. The highest BCUT2D eigenvalue weighted by molar-refractivity contribution is 5.37. The fraction of sp³-hybridized carbons (Fsp3) is 0.733. The van der Waals surface area contributed by atoms with Gasteiger partial charge >= 0.3 is 0 Å². The molecule has 1 aromatic rings. The van der Waals surface area contributed by atoms with Gasteiger partial charge in [0.05, 0.1) is 0 Å². The summed E-state index contributed by atoms with van der Waals surface area (Å²) in [4.78, 5) is 8.76. The van der Waals surface area contributed by atoms with Crippen molar-refractivity contribution >= 4 is 5.82 Å². The topological polar surface area (TPSA) is 56.3 Å². The number of hydrogen-bond acceptors (Lipinski definition) is 5. The molecule has 1 aliphatic rings. The van der Waals surface area contributed by atoms with Gasteiger partial charge < -0.3 is 14.8 Å². The van der Waals surface area contributed by atoms with E-state index in [9.17, 15) is 0 Å². The van der Waals surface area contributed by atoms with Gasteiger partial charge in [0, 0.05) is 20.2 Å². The second-order valence-corrected chi connectivity index (χ2v) is 5.37. The minimum Gasteiger partial charge on any atom is -0.474 e. The van der Waals surface area contributed by atoms with Crippen LogP contribution in [-0.2, 0) is 11.3 Å². The van der Waals surface area contributed by atoms with Crippen molar-refractivity contribution in [1.29, 1.82) is 0 Å². The maximum atomic E-state index is 6.07. The van der Waals surface area contributed by atoms with Crippen LogP contribution >= 0.6 is 0 Å². The van der Waals surface area contributed by atoms with Crippen LogP contribution in [0.2, 0.25) is 0 Å². The van der Waals surface area contributed by atoms with Crippen molar-refractivity contribution in [3.63, 3.8) is 0 Å². The summed E-state index contributed by atoms with van der Waals surface area (Å²) < 4.78 is 11.2. The van der Waals surface area contributed by atoms with Crippen molar-refractivity contribution in [3.05, 3.63) is 11.9 Å². The Morgan fingerprint density at radius 3 is 2.90 bits per heavy atom. The summed E-state index contributed by atoms with van der Waals surface area (Å²) in [6, 6.07) is 1.86. The maximum Gasteiger partial charge on any atom is 0.219 e. The lowest BCUT2D eigenvalue weighted by Gasteiger charge is -2.28. The highest BCUT2D eigenvalue weighted by atomic mass is 16.5. The van der Waals surface area contributed by atoms with Gasteiger partial charge in [-0.1, -0.05) is 19.8 Å². The molecule has 0 amide bonds. The molecule has 0 aromatic carbocycles. The number of nitrogens with zero attached hydrogens (tertiary/aromatic N) is 2. The Hall–Kier alpha value is -1.36. The van der Waals surface area contributed by atoms with E-state index in [2.05, 4.69) is 22.2 Å². The summed E-state index contributed by atoms with van der Waals surface area (Å²) in [5.74, 6) is 2.86. The lowest BCUT2D eigenvalue weighted by atomic mass is 9.85. The molecule has 1 aromatic heterocycles. The maximum absolute atomic E-state index is 6.07. The van der Waals surface area contributed by atoms with Gasteiger partial charge in [-0.25, -0.2) is 4.98 Å². The van der Waals surface area contributed by atoms with Crippen LogP contribution < -0.4 is 10.1 Å². The molecule has 2 rings (SSSR count). The molecule has 0 aliphatic heterocycles. The molecule has 0 bridgehead atoms. The van der Waals surface area contributed by atoms with Gasteiger partial charge in [0.15, 0.2) is 5.82 Å². The summed E-state index contributed by atoms with van der Waals surface area (Å²) in [6.07, 6.45) is 6.35. The number of ether oxygens (including phenoxy) is 2. The van der Waals surface area contributed by atoms with E-state index in [1.807, 2.05) is 13.1 Å². The zero-order valence-corrected chi connectivity index (χ0v) is 12.7. The Balaban J connectivity index is 2.05. The third-order valence-corrected chi connectivity index (χ3v) is 3.88. The molecule has 1 N–H and O–H groups in total. The molecule has 1 aliphatic carbocycles. The normalized spacial score (nSPS) is 22.6. The first kappa shape index (κ1) is 15.0. The van der Waals surface area contributed by atoms with Crippen LogP contribution in [0.1, 0.15) is 44.9 Å². The van der Waals surface area contributed by atoms with Crippen LogP contribution in [0.15, 0.2) is 6.07 Å². The second-order valence-electron chi connectivity index (χ2n) is 5.37. The predicted molar refractivity (Wildman–Crippen MR) is 79.0 cm³/mol. The molecule has 1 saturated carbocycles. The van der Waals surface area contributed by atoms with Crippen molar-refractivity contribution in [3.8, 4) is 5.88 Å². The lowest BCUT2D eigenvalue weighted by Crippen LogP contribution is -2.25. The highest BCUT2D eigenvalue weighted by Gasteiger charge is 2.22. The third kappa shape index (κ3) is 4.07. The van der Waals surface area contributed by atoms with Crippen molar-refractivity contribution < 1.29 is 9.47 Å². The molecule has 2 unspecified atom stereocenters. The first-order chi connectivity index (χ1) is 9.75. The van der Waals surface area contributed by atoms with E-state index < -0.39 is 0 Å². The molecule has 0 spiro atoms. The summed E-state index contributed by atoms with van der Waals surface area (Å²) in [5, 5.41) is 3.04. The quantitative estimate of drug-likeness (QED) is 0.867.